The van der Waals surface area contributed by atoms with Gasteiger partial charge in [0.25, 0.3) is 0 Å². The summed E-state index contributed by atoms with van der Waals surface area (Å²) < 4.78 is 5.38. The second kappa shape index (κ2) is 11.6. The Bertz CT molecular complexity index is 793. The smallest absolute Gasteiger partial charge is 0.408 e. The molecule has 10 heteroatoms. The number of Topliss-reactive ketones (excluding diaryl/α,β-unsaturated/α-hetero) is 1. The predicted molar refractivity (Wildman–Crippen MR) is 134 cm³/mol. The van der Waals surface area contributed by atoms with Gasteiger partial charge in [-0.3, -0.25) is 9.59 Å². The average Bonchev–Trinajstić information content (AvgIpc) is 3.24. The maximum atomic E-state index is 13.6. The van der Waals surface area contributed by atoms with Crippen LogP contribution in [0.15, 0.2) is 5.16 Å². The molecule has 2 fully saturated rings. The Morgan fingerprint density at radius 2 is 1.69 bits per heavy atom. The molecule has 1 aliphatic carbocycles. The number of nitrogens with one attached hydrogen (secondary N) is 1. The fraction of sp³-hybridized carbons (Fsp3) is 0.840. The van der Waals surface area contributed by atoms with Crippen molar-refractivity contribution in [3.05, 3.63) is 0 Å². The molecular formula is C25H45N5O5. The largest absolute Gasteiger partial charge is 0.444 e. The third kappa shape index (κ3) is 8.37. The van der Waals surface area contributed by atoms with Gasteiger partial charge in [0, 0.05) is 12.5 Å². The van der Waals surface area contributed by atoms with E-state index in [0.29, 0.717) is 51.5 Å². The van der Waals surface area contributed by atoms with Gasteiger partial charge >= 0.3 is 6.09 Å². The first kappa shape index (κ1) is 28.9. The summed E-state index contributed by atoms with van der Waals surface area (Å²) in [5.74, 6) is -0.189. The van der Waals surface area contributed by atoms with Crippen molar-refractivity contribution in [1.29, 1.82) is 0 Å². The van der Waals surface area contributed by atoms with Gasteiger partial charge in [-0.05, 0) is 77.0 Å². The number of hydrogen-bond acceptors (Lipinski definition) is 7. The number of oxime groups is 1. The lowest BCUT2D eigenvalue weighted by atomic mass is 9.76. The van der Waals surface area contributed by atoms with E-state index in [2.05, 4.69) is 10.5 Å². The van der Waals surface area contributed by atoms with Crippen LogP contribution >= 0.6 is 0 Å². The molecule has 10 nitrogen and oxygen atoms in total. The lowest BCUT2D eigenvalue weighted by Crippen LogP contribution is -2.56. The molecule has 2 aliphatic rings. The van der Waals surface area contributed by atoms with Crippen molar-refractivity contribution in [1.82, 2.24) is 10.2 Å². The minimum atomic E-state index is -0.800. The number of hydrogen-bond donors (Lipinski definition) is 4. The summed E-state index contributed by atoms with van der Waals surface area (Å²) in [6.07, 6.45) is 3.87. The van der Waals surface area contributed by atoms with Gasteiger partial charge in [0.1, 0.15) is 17.5 Å². The number of nitrogens with two attached hydrogens (primary N) is 2. The summed E-state index contributed by atoms with van der Waals surface area (Å²) in [4.78, 5) is 41.1. The van der Waals surface area contributed by atoms with E-state index in [9.17, 15) is 14.4 Å². The Labute approximate surface area is 209 Å². The summed E-state index contributed by atoms with van der Waals surface area (Å²) in [6, 6.07) is -2.07. The summed E-state index contributed by atoms with van der Waals surface area (Å²) in [7, 11) is 0. The van der Waals surface area contributed by atoms with Crippen LogP contribution in [0.4, 0.5) is 4.79 Å². The molecule has 3 atom stereocenters. The van der Waals surface area contributed by atoms with E-state index >= 15 is 0 Å². The number of amides is 2. The highest BCUT2D eigenvalue weighted by Gasteiger charge is 2.42. The van der Waals surface area contributed by atoms with E-state index in [4.69, 9.17) is 21.4 Å². The minimum absolute atomic E-state index is 0.000179. The van der Waals surface area contributed by atoms with Crippen LogP contribution in [0.3, 0.4) is 0 Å². The van der Waals surface area contributed by atoms with Gasteiger partial charge < -0.3 is 31.6 Å². The lowest BCUT2D eigenvalue weighted by Gasteiger charge is -2.35. The molecule has 2 rings (SSSR count). The molecule has 0 aromatic heterocycles. The molecule has 1 unspecified atom stereocenters. The van der Waals surface area contributed by atoms with Crippen LogP contribution in [0.5, 0.6) is 0 Å². The lowest BCUT2D eigenvalue weighted by molar-refractivity contribution is -0.140. The Morgan fingerprint density at radius 3 is 2.20 bits per heavy atom. The number of alkyl carbamates (subject to hydrolysis) is 1. The van der Waals surface area contributed by atoms with Crippen molar-refractivity contribution in [2.75, 3.05) is 6.54 Å². The van der Waals surface area contributed by atoms with Gasteiger partial charge in [0.05, 0.1) is 12.1 Å². The van der Waals surface area contributed by atoms with Gasteiger partial charge in [-0.1, -0.05) is 25.9 Å². The number of rotatable bonds is 7. The van der Waals surface area contributed by atoms with Crippen molar-refractivity contribution in [3.8, 4) is 0 Å². The van der Waals surface area contributed by atoms with Crippen LogP contribution in [0.2, 0.25) is 0 Å². The van der Waals surface area contributed by atoms with Gasteiger partial charge in [-0.25, -0.2) is 4.79 Å². The number of likely N-dealkylation sites (tertiary alicyclic amines) is 1. The van der Waals surface area contributed by atoms with Crippen LogP contribution in [0.25, 0.3) is 0 Å². The van der Waals surface area contributed by atoms with Crippen molar-refractivity contribution in [2.45, 2.75) is 110 Å². The standard InChI is InChI=1S/C25H45N5O5/c1-24(2,3)14-17(28-23(33)35-25(4,5)6)22(32)30-13-7-8-18(30)20(31)19(26)15-9-11-16(12-10-15)21(27)29-34/h15-19,34H,7-14,26H2,1-6H3,(H2,27,29)(H,28,33)/t15?,16?,17-,18+,19?/m1/s1. The number of nitrogens with zero attached hydrogens (tertiary/aromatic N) is 2. The molecule has 0 spiro atoms. The van der Waals surface area contributed by atoms with Crippen LogP contribution in [-0.2, 0) is 14.3 Å². The normalized spacial score (nSPS) is 25.6. The molecule has 1 saturated heterocycles. The zero-order valence-corrected chi connectivity index (χ0v) is 22.2. The number of carbonyl (C=O) groups is 3. The number of ether oxygens (including phenoxy) is 1. The second-order valence-electron chi connectivity index (χ2n) is 12.2. The van der Waals surface area contributed by atoms with Crippen molar-refractivity contribution in [3.63, 3.8) is 0 Å². The Morgan fingerprint density at radius 1 is 1.09 bits per heavy atom. The summed E-state index contributed by atoms with van der Waals surface area (Å²) in [5.41, 5.74) is 11.2. The molecule has 0 aromatic carbocycles. The third-order valence-electron chi connectivity index (χ3n) is 6.81. The van der Waals surface area contributed by atoms with Crippen LogP contribution < -0.4 is 16.8 Å². The maximum absolute atomic E-state index is 13.6. The first-order valence-corrected chi connectivity index (χ1v) is 12.7. The number of carbonyl (C=O) groups excluding carboxylic acids is 3. The molecule has 0 bridgehead atoms. The Balaban J connectivity index is 2.10. The summed E-state index contributed by atoms with van der Waals surface area (Å²) in [5, 5.41) is 14.8. The van der Waals surface area contributed by atoms with Crippen LogP contribution in [-0.4, -0.2) is 64.0 Å². The molecule has 35 heavy (non-hydrogen) atoms. The fourth-order valence-electron chi connectivity index (χ4n) is 5.10. The molecule has 1 heterocycles. The van der Waals surface area contributed by atoms with E-state index in [0.717, 1.165) is 0 Å². The van der Waals surface area contributed by atoms with E-state index < -0.39 is 29.8 Å². The minimum Gasteiger partial charge on any atom is -0.444 e. The van der Waals surface area contributed by atoms with Crippen molar-refractivity contribution in [2.24, 2.45) is 33.9 Å². The highest BCUT2D eigenvalue weighted by atomic mass is 16.6. The second-order valence-corrected chi connectivity index (χ2v) is 12.2. The van der Waals surface area contributed by atoms with Crippen molar-refractivity contribution >= 4 is 23.6 Å². The molecular weight excluding hydrogens is 450 g/mol. The fourth-order valence-corrected chi connectivity index (χ4v) is 5.10. The quantitative estimate of drug-likeness (QED) is 0.183. The molecule has 0 radical (unpaired) electrons. The molecule has 2 amide bonds. The topological polar surface area (TPSA) is 160 Å². The number of ketones is 1. The monoisotopic (exact) mass is 495 g/mol. The Kier molecular flexibility index (Phi) is 9.56. The summed E-state index contributed by atoms with van der Waals surface area (Å²) in [6.45, 7) is 11.7. The molecule has 6 N–H and O–H groups in total. The van der Waals surface area contributed by atoms with E-state index in [1.54, 1.807) is 25.7 Å². The van der Waals surface area contributed by atoms with Gasteiger partial charge in [0.2, 0.25) is 5.91 Å². The van der Waals surface area contributed by atoms with Gasteiger partial charge in [-0.15, -0.1) is 0 Å². The first-order valence-electron chi connectivity index (χ1n) is 12.7. The van der Waals surface area contributed by atoms with Crippen molar-refractivity contribution < 1.29 is 24.3 Å². The van der Waals surface area contributed by atoms with E-state index in [-0.39, 0.29) is 34.8 Å². The molecule has 200 valence electrons. The Hall–Kier alpha value is -2.36. The van der Waals surface area contributed by atoms with Crippen LogP contribution in [0.1, 0.15) is 86.5 Å². The highest BCUT2D eigenvalue weighted by Crippen LogP contribution is 2.33. The number of amidine groups is 1. The van der Waals surface area contributed by atoms with Crippen LogP contribution in [0, 0.1) is 17.3 Å². The van der Waals surface area contributed by atoms with E-state index in [1.165, 1.54) is 0 Å². The van der Waals surface area contributed by atoms with E-state index in [1.807, 2.05) is 20.8 Å². The van der Waals surface area contributed by atoms with Gasteiger partial charge in [-0.2, -0.15) is 0 Å². The first-order chi connectivity index (χ1) is 16.1. The predicted octanol–water partition coefficient (Wildman–Crippen LogP) is 2.76. The molecule has 1 saturated carbocycles. The zero-order valence-electron chi connectivity index (χ0n) is 22.2. The zero-order chi connectivity index (χ0) is 26.6. The maximum Gasteiger partial charge on any atom is 0.408 e. The molecule has 0 aromatic rings. The highest BCUT2D eigenvalue weighted by molar-refractivity contribution is 5.95. The third-order valence-corrected chi connectivity index (χ3v) is 6.81. The molecule has 1 aliphatic heterocycles. The average molecular weight is 496 g/mol. The van der Waals surface area contributed by atoms with Gasteiger partial charge in [0.15, 0.2) is 5.78 Å². The SMILES string of the molecule is CC(C)(C)C[C@@H](NC(=O)OC(C)(C)C)C(=O)N1CCC[C@H]1C(=O)C(N)C1CCC(/C(N)=N\O)CC1. The summed E-state index contributed by atoms with van der Waals surface area (Å²) >= 11 is 0.